The van der Waals surface area contributed by atoms with E-state index >= 15 is 0 Å². The number of pyridine rings is 1. The van der Waals surface area contributed by atoms with Crippen LogP contribution in [0.2, 0.25) is 0 Å². The second kappa shape index (κ2) is 7.68. The Morgan fingerprint density at radius 1 is 1.35 bits per heavy atom. The van der Waals surface area contributed by atoms with Crippen LogP contribution >= 0.6 is 0 Å². The van der Waals surface area contributed by atoms with Crippen LogP contribution in [0.5, 0.6) is 5.88 Å². The number of nitrogens with zero attached hydrogens (tertiary/aromatic N) is 2. The van der Waals surface area contributed by atoms with Gasteiger partial charge in [0.05, 0.1) is 5.57 Å². The molecule has 0 atom stereocenters. The van der Waals surface area contributed by atoms with E-state index in [1.165, 1.54) is 20.1 Å². The van der Waals surface area contributed by atoms with E-state index in [9.17, 15) is 13.2 Å². The van der Waals surface area contributed by atoms with E-state index in [0.29, 0.717) is 11.3 Å². The smallest absolute Gasteiger partial charge is 0.416 e. The van der Waals surface area contributed by atoms with Gasteiger partial charge in [-0.1, -0.05) is 12.1 Å². The number of alkyl halides is 3. The number of ether oxygens (including phenoxy) is 2. The molecule has 0 aliphatic rings. The zero-order chi connectivity index (χ0) is 17.6. The molecule has 0 saturated carbocycles. The summed E-state index contributed by atoms with van der Waals surface area (Å²) in [4.78, 5) is 4.15. The first-order valence-corrected chi connectivity index (χ1v) is 6.77. The van der Waals surface area contributed by atoms with E-state index < -0.39 is 18.4 Å². The summed E-state index contributed by atoms with van der Waals surface area (Å²) in [7, 11) is 0. The second-order valence-corrected chi connectivity index (χ2v) is 4.79. The molecule has 1 aromatic rings. The molecule has 0 aliphatic heterocycles. The summed E-state index contributed by atoms with van der Waals surface area (Å²) < 4.78 is 49.4. The summed E-state index contributed by atoms with van der Waals surface area (Å²) in [6.07, 6.45) is -2.29. The van der Waals surface area contributed by atoms with Crippen LogP contribution in [0, 0.1) is 25.4 Å². The molecule has 124 valence electrons. The van der Waals surface area contributed by atoms with Gasteiger partial charge < -0.3 is 9.47 Å². The van der Waals surface area contributed by atoms with Crippen molar-refractivity contribution in [3.8, 4) is 12.1 Å². The summed E-state index contributed by atoms with van der Waals surface area (Å²) in [5, 5.41) is 8.55. The van der Waals surface area contributed by atoms with Crippen LogP contribution in [-0.2, 0) is 4.74 Å². The third kappa shape index (κ3) is 5.02. The molecule has 1 rings (SSSR count). The Bertz CT molecular complexity index is 671. The molecule has 0 radical (unpaired) electrons. The maximum atomic E-state index is 13.1. The number of hydrogen-bond acceptors (Lipinski definition) is 4. The van der Waals surface area contributed by atoms with Crippen molar-refractivity contribution in [2.24, 2.45) is 0 Å². The van der Waals surface area contributed by atoms with Gasteiger partial charge >= 0.3 is 6.18 Å². The molecule has 23 heavy (non-hydrogen) atoms. The minimum Gasteiger partial charge on any atom is -0.472 e. The van der Waals surface area contributed by atoms with Crippen molar-refractivity contribution in [3.05, 3.63) is 46.4 Å². The van der Waals surface area contributed by atoms with Crippen molar-refractivity contribution >= 4 is 0 Å². The van der Waals surface area contributed by atoms with Crippen molar-refractivity contribution in [2.75, 3.05) is 6.61 Å². The Hall–Kier alpha value is -2.49. The highest BCUT2D eigenvalue weighted by atomic mass is 19.4. The van der Waals surface area contributed by atoms with Crippen molar-refractivity contribution in [1.29, 1.82) is 5.26 Å². The topological polar surface area (TPSA) is 55.1 Å². The lowest BCUT2D eigenvalue weighted by Gasteiger charge is -2.18. The van der Waals surface area contributed by atoms with E-state index in [-0.39, 0.29) is 17.2 Å². The van der Waals surface area contributed by atoms with Crippen LogP contribution in [0.15, 0.2) is 35.1 Å². The van der Waals surface area contributed by atoms with E-state index in [4.69, 9.17) is 10.00 Å². The number of allylic oxidation sites excluding steroid dienone is 2. The van der Waals surface area contributed by atoms with Crippen molar-refractivity contribution in [1.82, 2.24) is 4.98 Å². The number of aromatic nitrogens is 1. The lowest BCUT2D eigenvalue weighted by Crippen LogP contribution is -2.19. The fraction of sp³-hybridized carbons (Fsp3) is 0.375. The van der Waals surface area contributed by atoms with E-state index in [1.807, 2.05) is 0 Å². The standard InChI is InChI=1S/C16H17F3N2O2/c1-5-14(16(17,18)19)13(12(4)23-9-20)8-22-15-10(2)6-7-11(3)21-15/h5-7H,8H2,1-4H3/b13-12+,14-5+. The Morgan fingerprint density at radius 3 is 2.52 bits per heavy atom. The van der Waals surface area contributed by atoms with Crippen molar-refractivity contribution in [2.45, 2.75) is 33.9 Å². The molecule has 4 nitrogen and oxygen atoms in total. The summed E-state index contributed by atoms with van der Waals surface area (Å²) in [6, 6.07) is 3.54. The summed E-state index contributed by atoms with van der Waals surface area (Å²) in [6.45, 7) is 5.63. The van der Waals surface area contributed by atoms with Crippen LogP contribution in [-0.4, -0.2) is 17.8 Å². The molecule has 0 unspecified atom stereocenters. The van der Waals surface area contributed by atoms with E-state index in [1.54, 1.807) is 26.0 Å². The summed E-state index contributed by atoms with van der Waals surface area (Å²) in [5.41, 5.74) is 0.228. The number of halogens is 3. The Labute approximate surface area is 132 Å². The quantitative estimate of drug-likeness (QED) is 0.458. The van der Waals surface area contributed by atoms with Gasteiger partial charge in [0.2, 0.25) is 5.88 Å². The van der Waals surface area contributed by atoms with Crippen molar-refractivity contribution < 1.29 is 22.6 Å². The Balaban J connectivity index is 3.16. The van der Waals surface area contributed by atoms with Gasteiger partial charge in [-0.2, -0.15) is 13.2 Å². The zero-order valence-corrected chi connectivity index (χ0v) is 13.3. The molecule has 0 amide bonds. The molecule has 0 N–H and O–H groups in total. The molecular weight excluding hydrogens is 309 g/mol. The predicted molar refractivity (Wildman–Crippen MR) is 78.4 cm³/mol. The molecule has 0 aliphatic carbocycles. The molecular formula is C16H17F3N2O2. The number of rotatable bonds is 5. The molecule has 0 bridgehead atoms. The van der Waals surface area contributed by atoms with Gasteiger partial charge in [-0.3, -0.25) is 0 Å². The van der Waals surface area contributed by atoms with Crippen LogP contribution in [0.4, 0.5) is 13.2 Å². The second-order valence-electron chi connectivity index (χ2n) is 4.79. The van der Waals surface area contributed by atoms with Gasteiger partial charge in [-0.15, -0.1) is 5.26 Å². The number of aryl methyl sites for hydroxylation is 2. The lowest BCUT2D eigenvalue weighted by molar-refractivity contribution is -0.0904. The first-order valence-electron chi connectivity index (χ1n) is 6.77. The average molecular weight is 326 g/mol. The Kier molecular flexibility index (Phi) is 6.19. The fourth-order valence-corrected chi connectivity index (χ4v) is 1.90. The van der Waals surface area contributed by atoms with Gasteiger partial charge in [0.25, 0.3) is 6.26 Å². The van der Waals surface area contributed by atoms with Gasteiger partial charge in [-0.25, -0.2) is 4.98 Å². The van der Waals surface area contributed by atoms with Crippen LogP contribution in [0.1, 0.15) is 25.1 Å². The Morgan fingerprint density at radius 2 is 2.00 bits per heavy atom. The average Bonchev–Trinajstić information content (AvgIpc) is 2.45. The minimum absolute atomic E-state index is 0.164. The molecule has 7 heteroatoms. The third-order valence-corrected chi connectivity index (χ3v) is 3.09. The van der Waals surface area contributed by atoms with E-state index in [0.717, 1.165) is 6.08 Å². The minimum atomic E-state index is -4.58. The van der Waals surface area contributed by atoms with Gasteiger partial charge in [0.15, 0.2) is 0 Å². The van der Waals surface area contributed by atoms with Gasteiger partial charge in [-0.05, 0) is 33.8 Å². The highest BCUT2D eigenvalue weighted by Crippen LogP contribution is 2.33. The maximum Gasteiger partial charge on any atom is 0.416 e. The molecule has 1 heterocycles. The largest absolute Gasteiger partial charge is 0.472 e. The van der Waals surface area contributed by atoms with E-state index in [2.05, 4.69) is 9.72 Å². The number of hydrogen-bond donors (Lipinski definition) is 0. The first-order chi connectivity index (χ1) is 10.7. The van der Waals surface area contributed by atoms with Gasteiger partial charge in [0, 0.05) is 16.8 Å². The molecule has 0 saturated heterocycles. The monoisotopic (exact) mass is 326 g/mol. The van der Waals surface area contributed by atoms with Gasteiger partial charge in [0.1, 0.15) is 12.4 Å². The highest BCUT2D eigenvalue weighted by Gasteiger charge is 2.37. The normalized spacial score (nSPS) is 13.2. The van der Waals surface area contributed by atoms with Crippen LogP contribution < -0.4 is 4.74 Å². The molecule has 0 fully saturated rings. The molecule has 1 aromatic heterocycles. The maximum absolute atomic E-state index is 13.1. The third-order valence-electron chi connectivity index (χ3n) is 3.09. The zero-order valence-electron chi connectivity index (χ0n) is 13.3. The fourth-order valence-electron chi connectivity index (χ4n) is 1.90. The summed E-state index contributed by atoms with van der Waals surface area (Å²) >= 11 is 0. The predicted octanol–water partition coefficient (Wildman–Crippen LogP) is 4.36. The molecule has 0 aromatic carbocycles. The van der Waals surface area contributed by atoms with Crippen molar-refractivity contribution in [3.63, 3.8) is 0 Å². The molecule has 0 spiro atoms. The summed E-state index contributed by atoms with van der Waals surface area (Å²) in [5.74, 6) is 0.0770. The SMILES string of the molecule is C/C=C(\C(COc1nc(C)ccc1C)=C(/C)OC#N)C(F)(F)F. The van der Waals surface area contributed by atoms with Crippen LogP contribution in [0.3, 0.4) is 0 Å². The highest BCUT2D eigenvalue weighted by molar-refractivity contribution is 5.38. The lowest BCUT2D eigenvalue weighted by atomic mass is 10.1. The number of nitriles is 1. The van der Waals surface area contributed by atoms with Crippen LogP contribution in [0.25, 0.3) is 0 Å². The first kappa shape index (κ1) is 18.6.